The Morgan fingerprint density at radius 1 is 0.250 bits per heavy atom. The second kappa shape index (κ2) is 22.4. The van der Waals surface area contributed by atoms with E-state index >= 15 is 0 Å². The van der Waals surface area contributed by atoms with E-state index in [-0.39, 0.29) is 62.2 Å². The minimum Gasteiger partial charge on any atom is -0.506 e. The summed E-state index contributed by atoms with van der Waals surface area (Å²) in [6.45, 7) is 0. The maximum Gasteiger partial charge on any atom is 0.143 e. The standard InChI is InChI=1S/C52H40N8O8S4/c1-65-37-13-5-29(6-14-37)53-57-33-21-41-49(61)42(22-33)70-44-24-35(59-55-31-9-17-39(67-3)18-10-31)26-46(51(44)63)72-48-28-36(60-56-32-11-19-40(68-4)20-12-32)27-47(52(48)64)71-45-25-34(23-43(69-41)50(45)62)58-54-30-7-15-38(66-2)16-8-30/h5-28,61-64H,1-4H3. The van der Waals surface area contributed by atoms with Gasteiger partial charge in [-0.05, 0) is 146 Å². The van der Waals surface area contributed by atoms with Crippen molar-refractivity contribution in [2.24, 2.45) is 40.9 Å². The SMILES string of the molecule is COc1ccc(N=Nc2cc3c(O)c(c2)Sc2cc(N=Nc4ccc(OC)cc4)cc(c2O)Sc2cc(N=Nc4ccc(OC)cc4)cc(c2O)Sc2cc(N=Nc4ccc(OC)cc4)cc(c2O)S3)cc1. The average molecular weight is 1030 g/mol. The van der Waals surface area contributed by atoms with Crippen LogP contribution in [0, 0.1) is 0 Å². The van der Waals surface area contributed by atoms with Crippen LogP contribution in [0.5, 0.6) is 46.0 Å². The van der Waals surface area contributed by atoms with Crippen LogP contribution in [0.15, 0.2) is 226 Å². The van der Waals surface area contributed by atoms with Crippen LogP contribution in [0.3, 0.4) is 0 Å². The molecule has 72 heavy (non-hydrogen) atoms. The zero-order chi connectivity index (χ0) is 50.1. The first kappa shape index (κ1) is 49.0. The lowest BCUT2D eigenvalue weighted by Crippen LogP contribution is -1.87. The molecule has 0 amide bonds. The number of phenolic OH excluding ortho intramolecular Hbond substituents is 4. The summed E-state index contributed by atoms with van der Waals surface area (Å²) in [5.41, 5.74) is 3.56. The molecule has 0 fully saturated rings. The van der Waals surface area contributed by atoms with Gasteiger partial charge in [0.15, 0.2) is 0 Å². The summed E-state index contributed by atoms with van der Waals surface area (Å²) in [7, 11) is 6.30. The van der Waals surface area contributed by atoms with Crippen molar-refractivity contribution in [1.82, 2.24) is 0 Å². The Morgan fingerprint density at radius 3 is 0.556 bits per heavy atom. The lowest BCUT2D eigenvalue weighted by atomic mass is 10.3. The molecule has 4 N–H and O–H groups in total. The average Bonchev–Trinajstić information content (AvgIpc) is 3.41. The van der Waals surface area contributed by atoms with Gasteiger partial charge in [0, 0.05) is 0 Å². The van der Waals surface area contributed by atoms with Gasteiger partial charge in [-0.1, -0.05) is 47.0 Å². The molecule has 20 heteroatoms. The van der Waals surface area contributed by atoms with Gasteiger partial charge in [0.2, 0.25) is 0 Å². The van der Waals surface area contributed by atoms with Gasteiger partial charge in [0.1, 0.15) is 46.0 Å². The van der Waals surface area contributed by atoms with Crippen molar-refractivity contribution in [2.75, 3.05) is 28.4 Å². The third-order valence-electron chi connectivity index (χ3n) is 10.4. The first-order chi connectivity index (χ1) is 35.0. The van der Waals surface area contributed by atoms with Gasteiger partial charge in [0.05, 0.1) is 113 Å². The zero-order valence-electron chi connectivity index (χ0n) is 38.5. The Hall–Kier alpha value is -8.04. The molecule has 1 aliphatic heterocycles. The van der Waals surface area contributed by atoms with E-state index in [2.05, 4.69) is 40.9 Å². The van der Waals surface area contributed by atoms with Crippen LogP contribution in [-0.4, -0.2) is 48.9 Å². The monoisotopic (exact) mass is 1030 g/mol. The van der Waals surface area contributed by atoms with Crippen molar-refractivity contribution in [3.63, 3.8) is 0 Å². The summed E-state index contributed by atoms with van der Waals surface area (Å²) >= 11 is 4.16. The number of methoxy groups -OCH3 is 4. The highest BCUT2D eigenvalue weighted by Gasteiger charge is 2.24. The lowest BCUT2D eigenvalue weighted by molar-refractivity contribution is 0.414. The molecule has 16 nitrogen and oxygen atoms in total. The fraction of sp³-hybridized carbons (Fsp3) is 0.0769. The Balaban J connectivity index is 1.22. The topological polar surface area (TPSA) is 217 Å². The van der Waals surface area contributed by atoms with Crippen LogP contribution in [0.4, 0.5) is 45.5 Å². The quantitative estimate of drug-likeness (QED) is 0.0841. The molecule has 0 radical (unpaired) electrons. The molecule has 0 atom stereocenters. The molecule has 0 aromatic heterocycles. The summed E-state index contributed by atoms with van der Waals surface area (Å²) in [4.78, 5) is 2.24. The molecule has 360 valence electrons. The third-order valence-corrected chi connectivity index (χ3v) is 14.6. The number of nitrogens with zero attached hydrogens (tertiary/aromatic N) is 8. The van der Waals surface area contributed by atoms with E-state index in [1.54, 1.807) is 174 Å². The van der Waals surface area contributed by atoms with Gasteiger partial charge >= 0.3 is 0 Å². The van der Waals surface area contributed by atoms with Gasteiger partial charge in [-0.25, -0.2) is 0 Å². The fourth-order valence-corrected chi connectivity index (χ4v) is 11.0. The lowest BCUT2D eigenvalue weighted by Gasteiger charge is -2.17. The van der Waals surface area contributed by atoms with Gasteiger partial charge in [-0.2, -0.15) is 40.9 Å². The number of fused-ring (bicyclic) bond motifs is 8. The van der Waals surface area contributed by atoms with Crippen LogP contribution >= 0.6 is 47.0 Å². The molecule has 0 unspecified atom stereocenters. The van der Waals surface area contributed by atoms with E-state index in [0.29, 0.717) is 68.5 Å². The summed E-state index contributed by atoms with van der Waals surface area (Å²) in [6, 6.07) is 41.2. The number of hydrogen-bond acceptors (Lipinski definition) is 20. The van der Waals surface area contributed by atoms with Crippen LogP contribution in [0.2, 0.25) is 0 Å². The summed E-state index contributed by atoms with van der Waals surface area (Å²) in [5, 5.41) is 84.7. The molecule has 0 aliphatic carbocycles. The van der Waals surface area contributed by atoms with Crippen molar-refractivity contribution < 1.29 is 39.4 Å². The Bertz CT molecular complexity index is 2850. The largest absolute Gasteiger partial charge is 0.506 e. The van der Waals surface area contributed by atoms with E-state index in [1.807, 2.05) is 0 Å². The Labute approximate surface area is 429 Å². The molecular formula is C52H40N8O8S4. The van der Waals surface area contributed by atoms with Crippen molar-refractivity contribution in [3.05, 3.63) is 146 Å². The van der Waals surface area contributed by atoms with Gasteiger partial charge in [0.25, 0.3) is 0 Å². The fourth-order valence-electron chi connectivity index (χ4n) is 6.66. The maximum atomic E-state index is 12.2. The summed E-state index contributed by atoms with van der Waals surface area (Å²) in [6.07, 6.45) is 0. The van der Waals surface area contributed by atoms with Gasteiger partial charge in [-0.3, -0.25) is 0 Å². The van der Waals surface area contributed by atoms with E-state index < -0.39 is 0 Å². The number of rotatable bonds is 12. The van der Waals surface area contributed by atoms with Gasteiger partial charge < -0.3 is 39.4 Å². The highest BCUT2D eigenvalue weighted by molar-refractivity contribution is 8.01. The van der Waals surface area contributed by atoms with Crippen LogP contribution in [-0.2, 0) is 0 Å². The molecule has 0 spiro atoms. The first-order valence-electron chi connectivity index (χ1n) is 21.5. The molecule has 8 bridgehead atoms. The minimum atomic E-state index is -0.173. The van der Waals surface area contributed by atoms with Crippen molar-refractivity contribution in [1.29, 1.82) is 0 Å². The van der Waals surface area contributed by atoms with Crippen molar-refractivity contribution >= 4 is 92.5 Å². The van der Waals surface area contributed by atoms with E-state index in [1.165, 1.54) is 0 Å². The predicted octanol–water partition coefficient (Wildman–Crippen LogP) is 17.1. The molecular weight excluding hydrogens is 993 g/mol. The maximum absolute atomic E-state index is 12.2. The van der Waals surface area contributed by atoms with Crippen LogP contribution in [0.1, 0.15) is 0 Å². The molecule has 1 aliphatic rings. The smallest absolute Gasteiger partial charge is 0.143 e. The molecule has 9 rings (SSSR count). The third kappa shape index (κ3) is 11.8. The molecule has 1 heterocycles. The van der Waals surface area contributed by atoms with E-state index in [4.69, 9.17) is 18.9 Å². The highest BCUT2D eigenvalue weighted by atomic mass is 32.2. The molecule has 0 saturated heterocycles. The molecule has 8 aromatic rings. The minimum absolute atomic E-state index is 0.173. The van der Waals surface area contributed by atoms with Gasteiger partial charge in [-0.15, -0.1) is 0 Å². The normalized spacial score (nSPS) is 12.5. The van der Waals surface area contributed by atoms with Crippen molar-refractivity contribution in [3.8, 4) is 46.0 Å². The molecule has 0 saturated carbocycles. The van der Waals surface area contributed by atoms with Crippen molar-refractivity contribution in [2.45, 2.75) is 39.2 Å². The second-order valence-electron chi connectivity index (χ2n) is 15.2. The number of benzene rings is 8. The van der Waals surface area contributed by atoms with E-state index in [9.17, 15) is 20.4 Å². The second-order valence-corrected chi connectivity index (χ2v) is 19.5. The summed E-state index contributed by atoms with van der Waals surface area (Å²) in [5.74, 6) is 1.92. The number of azo groups is 4. The molecule has 8 aromatic carbocycles. The first-order valence-corrected chi connectivity index (χ1v) is 24.7. The summed E-state index contributed by atoms with van der Waals surface area (Å²) < 4.78 is 21.2. The Kier molecular flexibility index (Phi) is 15.2. The predicted molar refractivity (Wildman–Crippen MR) is 278 cm³/mol. The number of ether oxygens (including phenoxy) is 4. The van der Waals surface area contributed by atoms with Crippen LogP contribution < -0.4 is 18.9 Å². The Morgan fingerprint density at radius 2 is 0.403 bits per heavy atom. The van der Waals surface area contributed by atoms with E-state index in [0.717, 1.165) is 47.0 Å². The van der Waals surface area contributed by atoms with Crippen LogP contribution in [0.25, 0.3) is 0 Å². The zero-order valence-corrected chi connectivity index (χ0v) is 41.8. The highest BCUT2D eigenvalue weighted by Crippen LogP contribution is 2.55. The number of aromatic hydroxyl groups is 4. The number of phenols is 4. The number of hydrogen-bond donors (Lipinski definition) is 4.